The summed E-state index contributed by atoms with van der Waals surface area (Å²) in [5, 5.41) is 5.61. The van der Waals surface area contributed by atoms with Crippen molar-refractivity contribution in [2.45, 2.75) is 51.0 Å². The summed E-state index contributed by atoms with van der Waals surface area (Å²) in [5.74, 6) is -3.48. The molecule has 0 bridgehead atoms. The van der Waals surface area contributed by atoms with Gasteiger partial charge in [-0.15, -0.1) is 0 Å². The molecular formula is C19H21F2N3O2. The molecule has 2 fully saturated rings. The average Bonchev–Trinajstić information content (AvgIpc) is 3.32. The third-order valence-electron chi connectivity index (χ3n) is 5.88. The second-order valence-corrected chi connectivity index (χ2v) is 7.59. The highest BCUT2D eigenvalue weighted by Gasteiger charge is 2.41. The maximum absolute atomic E-state index is 13.4. The molecule has 1 aromatic carbocycles. The predicted octanol–water partition coefficient (Wildman–Crippen LogP) is 3.61. The van der Waals surface area contributed by atoms with Gasteiger partial charge in [-0.05, 0) is 43.6 Å². The Balaban J connectivity index is 1.40. The number of rotatable bonds is 2. The van der Waals surface area contributed by atoms with Crippen molar-refractivity contribution in [1.29, 1.82) is 0 Å². The summed E-state index contributed by atoms with van der Waals surface area (Å²) in [6, 6.07) is 2.04. The van der Waals surface area contributed by atoms with Crippen LogP contribution in [0.4, 0.5) is 14.5 Å². The summed E-state index contributed by atoms with van der Waals surface area (Å²) >= 11 is 0. The maximum Gasteiger partial charge on any atom is 0.313 e. The quantitative estimate of drug-likeness (QED) is 0.715. The number of amides is 2. The van der Waals surface area contributed by atoms with E-state index in [2.05, 4.69) is 15.6 Å². The van der Waals surface area contributed by atoms with Gasteiger partial charge < -0.3 is 15.6 Å². The molecule has 2 aliphatic rings. The standard InChI is InChI=1S/C19H21F2N3O2/c20-13-7-12-15(8-14(13)21)22-10-16(12)24-18(26)17(25)23-11-3-6-19(9-11)4-1-2-5-19/h7-8,10-11,22H,1-6,9H2,(H,23,25)(H,24,26)/t11-/m1/s1. The normalized spacial score (nSPS) is 21.4. The minimum atomic E-state index is -1.01. The van der Waals surface area contributed by atoms with Crippen LogP contribution in [-0.2, 0) is 9.59 Å². The first-order chi connectivity index (χ1) is 12.5. The predicted molar refractivity (Wildman–Crippen MR) is 93.5 cm³/mol. The second kappa shape index (κ2) is 6.37. The Morgan fingerprint density at radius 2 is 1.81 bits per heavy atom. The van der Waals surface area contributed by atoms with Crippen molar-refractivity contribution < 1.29 is 18.4 Å². The monoisotopic (exact) mass is 361 g/mol. The molecule has 26 heavy (non-hydrogen) atoms. The second-order valence-electron chi connectivity index (χ2n) is 7.59. The van der Waals surface area contributed by atoms with Crippen molar-refractivity contribution >= 4 is 28.4 Å². The molecule has 2 saturated carbocycles. The van der Waals surface area contributed by atoms with Crippen molar-refractivity contribution in [3.63, 3.8) is 0 Å². The van der Waals surface area contributed by atoms with Crippen LogP contribution in [0, 0.1) is 17.0 Å². The number of carbonyl (C=O) groups is 2. The number of carbonyl (C=O) groups excluding carboxylic acids is 2. The molecule has 2 aliphatic carbocycles. The van der Waals surface area contributed by atoms with Crippen LogP contribution in [0.2, 0.25) is 0 Å². The number of nitrogens with one attached hydrogen (secondary N) is 3. The maximum atomic E-state index is 13.4. The first kappa shape index (κ1) is 17.0. The Bertz CT molecular complexity index is 871. The molecule has 5 nitrogen and oxygen atoms in total. The number of aromatic amines is 1. The molecule has 2 amide bonds. The third-order valence-corrected chi connectivity index (χ3v) is 5.88. The molecule has 7 heteroatoms. The van der Waals surface area contributed by atoms with Crippen molar-refractivity contribution in [2.75, 3.05) is 5.32 Å². The van der Waals surface area contributed by atoms with Crippen LogP contribution in [0.5, 0.6) is 0 Å². The van der Waals surface area contributed by atoms with E-state index < -0.39 is 23.4 Å². The Labute approximate surface area is 149 Å². The van der Waals surface area contributed by atoms with Crippen LogP contribution >= 0.6 is 0 Å². The van der Waals surface area contributed by atoms with E-state index in [0.717, 1.165) is 31.4 Å². The highest BCUT2D eigenvalue weighted by atomic mass is 19.2. The highest BCUT2D eigenvalue weighted by molar-refractivity contribution is 6.40. The van der Waals surface area contributed by atoms with Crippen molar-refractivity contribution in [3.05, 3.63) is 30.0 Å². The number of H-pyrrole nitrogens is 1. The minimum Gasteiger partial charge on any atom is -0.359 e. The fourth-order valence-corrected chi connectivity index (χ4v) is 4.56. The van der Waals surface area contributed by atoms with Gasteiger partial charge in [0.25, 0.3) is 0 Å². The molecule has 2 aromatic rings. The third kappa shape index (κ3) is 3.06. The van der Waals surface area contributed by atoms with E-state index in [1.54, 1.807) is 0 Å². The van der Waals surface area contributed by atoms with E-state index in [1.165, 1.54) is 31.9 Å². The number of aromatic nitrogens is 1. The van der Waals surface area contributed by atoms with Gasteiger partial charge in [0.05, 0.1) is 11.2 Å². The Morgan fingerprint density at radius 3 is 2.58 bits per heavy atom. The van der Waals surface area contributed by atoms with Gasteiger partial charge in [-0.3, -0.25) is 9.59 Å². The van der Waals surface area contributed by atoms with Gasteiger partial charge in [-0.2, -0.15) is 0 Å². The molecule has 1 heterocycles. The molecule has 1 atom stereocenters. The molecule has 138 valence electrons. The Kier molecular flexibility index (Phi) is 4.17. The molecule has 4 rings (SSSR count). The van der Waals surface area contributed by atoms with Crippen molar-refractivity contribution in [1.82, 2.24) is 10.3 Å². The lowest BCUT2D eigenvalue weighted by atomic mass is 9.84. The summed E-state index contributed by atoms with van der Waals surface area (Å²) in [7, 11) is 0. The van der Waals surface area contributed by atoms with Gasteiger partial charge in [0.2, 0.25) is 0 Å². The largest absolute Gasteiger partial charge is 0.359 e. The lowest BCUT2D eigenvalue weighted by Gasteiger charge is -2.22. The molecule has 0 saturated heterocycles. The van der Waals surface area contributed by atoms with E-state index >= 15 is 0 Å². The van der Waals surface area contributed by atoms with Gasteiger partial charge in [0.15, 0.2) is 11.6 Å². The zero-order chi connectivity index (χ0) is 18.3. The van der Waals surface area contributed by atoms with Crippen molar-refractivity contribution in [2.24, 2.45) is 5.41 Å². The van der Waals surface area contributed by atoms with Crippen LogP contribution in [0.3, 0.4) is 0 Å². The van der Waals surface area contributed by atoms with Crippen LogP contribution in [0.15, 0.2) is 18.3 Å². The highest BCUT2D eigenvalue weighted by Crippen LogP contribution is 2.50. The summed E-state index contributed by atoms with van der Waals surface area (Å²) in [4.78, 5) is 27.2. The summed E-state index contributed by atoms with van der Waals surface area (Å²) in [6.07, 6.45) is 9.27. The zero-order valence-corrected chi connectivity index (χ0v) is 14.3. The first-order valence-corrected chi connectivity index (χ1v) is 9.04. The number of anilines is 1. The van der Waals surface area contributed by atoms with Crippen LogP contribution in [-0.4, -0.2) is 22.8 Å². The number of hydrogen-bond donors (Lipinski definition) is 3. The number of halogens is 2. The molecular weight excluding hydrogens is 340 g/mol. The van der Waals surface area contributed by atoms with Crippen LogP contribution < -0.4 is 10.6 Å². The summed E-state index contributed by atoms with van der Waals surface area (Å²) in [5.41, 5.74) is 0.948. The van der Waals surface area contributed by atoms with Gasteiger partial charge in [0, 0.05) is 23.7 Å². The molecule has 0 unspecified atom stereocenters. The van der Waals surface area contributed by atoms with E-state index in [-0.39, 0.29) is 11.7 Å². The van der Waals surface area contributed by atoms with E-state index in [1.807, 2.05) is 0 Å². The smallest absolute Gasteiger partial charge is 0.313 e. The number of benzene rings is 1. The zero-order valence-electron chi connectivity index (χ0n) is 14.3. The van der Waals surface area contributed by atoms with Crippen molar-refractivity contribution in [3.8, 4) is 0 Å². The van der Waals surface area contributed by atoms with E-state index in [9.17, 15) is 18.4 Å². The lowest BCUT2D eigenvalue weighted by Crippen LogP contribution is -2.41. The fraction of sp³-hybridized carbons (Fsp3) is 0.474. The summed E-state index contributed by atoms with van der Waals surface area (Å²) < 4.78 is 26.7. The minimum absolute atomic E-state index is 0.0286. The number of fused-ring (bicyclic) bond motifs is 1. The van der Waals surface area contributed by atoms with Crippen LogP contribution in [0.1, 0.15) is 44.9 Å². The topological polar surface area (TPSA) is 74.0 Å². The Hall–Kier alpha value is -2.44. The molecule has 3 N–H and O–H groups in total. The fourth-order valence-electron chi connectivity index (χ4n) is 4.56. The summed E-state index contributed by atoms with van der Waals surface area (Å²) in [6.45, 7) is 0. The average molecular weight is 361 g/mol. The Morgan fingerprint density at radius 1 is 1.08 bits per heavy atom. The SMILES string of the molecule is O=C(Nc1c[nH]c2cc(F)c(F)cc12)C(=O)N[C@@H]1CCC2(CCCC2)C1. The first-order valence-electron chi connectivity index (χ1n) is 9.04. The number of hydrogen-bond acceptors (Lipinski definition) is 2. The molecule has 0 aliphatic heterocycles. The van der Waals surface area contributed by atoms with Gasteiger partial charge in [-0.1, -0.05) is 12.8 Å². The van der Waals surface area contributed by atoms with Gasteiger partial charge >= 0.3 is 11.8 Å². The molecule has 0 radical (unpaired) electrons. The van der Waals surface area contributed by atoms with Crippen LogP contribution in [0.25, 0.3) is 10.9 Å². The van der Waals surface area contributed by atoms with Gasteiger partial charge in [-0.25, -0.2) is 8.78 Å². The lowest BCUT2D eigenvalue weighted by molar-refractivity contribution is -0.136. The van der Waals surface area contributed by atoms with E-state index in [4.69, 9.17) is 0 Å². The van der Waals surface area contributed by atoms with Gasteiger partial charge in [0.1, 0.15) is 0 Å². The van der Waals surface area contributed by atoms with E-state index in [0.29, 0.717) is 16.3 Å². The molecule has 1 spiro atoms. The molecule has 1 aromatic heterocycles.